The maximum atomic E-state index is 11.6. The summed E-state index contributed by atoms with van der Waals surface area (Å²) in [5.74, 6) is 0.0364. The van der Waals surface area contributed by atoms with Gasteiger partial charge in [0.2, 0.25) is 5.91 Å². The summed E-state index contributed by atoms with van der Waals surface area (Å²) in [5.41, 5.74) is 6.56. The molecular weight excluding hydrogens is 320 g/mol. The Hall–Kier alpha value is -2.57. The second-order valence-electron chi connectivity index (χ2n) is 6.51. The van der Waals surface area contributed by atoms with Gasteiger partial charge < -0.3 is 15.8 Å². The van der Waals surface area contributed by atoms with Gasteiger partial charge >= 0.3 is 0 Å². The Morgan fingerprint density at radius 2 is 2.04 bits per heavy atom. The third-order valence-corrected chi connectivity index (χ3v) is 4.87. The van der Waals surface area contributed by atoms with Crippen LogP contribution in [0.25, 0.3) is 10.9 Å². The second kappa shape index (κ2) is 7.13. The van der Waals surface area contributed by atoms with Crippen molar-refractivity contribution >= 4 is 22.7 Å². The molecule has 2 amide bonds. The number of primary amides is 1. The average Bonchev–Trinajstić information content (AvgIpc) is 3.03. The predicted octanol–water partition coefficient (Wildman–Crippen LogP) is 2.15. The molecule has 1 heterocycles. The molecule has 1 aromatic carbocycles. The van der Waals surface area contributed by atoms with E-state index in [0.29, 0.717) is 23.8 Å². The van der Waals surface area contributed by atoms with Crippen molar-refractivity contribution in [1.29, 1.82) is 0 Å². The van der Waals surface area contributed by atoms with Crippen molar-refractivity contribution in [2.24, 2.45) is 5.73 Å². The number of methoxy groups -OCH3 is 1. The molecule has 7 nitrogen and oxygen atoms in total. The summed E-state index contributed by atoms with van der Waals surface area (Å²) in [6.45, 7) is 1.87. The van der Waals surface area contributed by atoms with E-state index in [-0.39, 0.29) is 11.9 Å². The van der Waals surface area contributed by atoms with E-state index in [2.05, 4.69) is 10.4 Å². The Morgan fingerprint density at radius 1 is 1.32 bits per heavy atom. The van der Waals surface area contributed by atoms with Crippen LogP contribution >= 0.6 is 0 Å². The average molecular weight is 344 g/mol. The van der Waals surface area contributed by atoms with Gasteiger partial charge in [-0.1, -0.05) is 6.92 Å². The topological polar surface area (TPSA) is 99.2 Å². The van der Waals surface area contributed by atoms with Gasteiger partial charge in [-0.2, -0.15) is 5.10 Å². The molecule has 25 heavy (non-hydrogen) atoms. The highest BCUT2D eigenvalue weighted by molar-refractivity contribution is 6.00. The lowest BCUT2D eigenvalue weighted by Crippen LogP contribution is -2.37. The zero-order chi connectivity index (χ0) is 18.0. The molecule has 7 heteroatoms. The maximum absolute atomic E-state index is 11.6. The van der Waals surface area contributed by atoms with Crippen LogP contribution in [0.4, 0.5) is 0 Å². The van der Waals surface area contributed by atoms with Gasteiger partial charge in [-0.3, -0.25) is 14.3 Å². The van der Waals surface area contributed by atoms with Gasteiger partial charge in [-0.25, -0.2) is 0 Å². The van der Waals surface area contributed by atoms with Crippen LogP contribution in [0, 0.1) is 0 Å². The van der Waals surface area contributed by atoms with Gasteiger partial charge in [0.1, 0.15) is 5.75 Å². The fourth-order valence-electron chi connectivity index (χ4n) is 3.43. The van der Waals surface area contributed by atoms with Crippen molar-refractivity contribution in [2.75, 3.05) is 7.11 Å². The van der Waals surface area contributed by atoms with Crippen LogP contribution in [0.1, 0.15) is 55.4 Å². The van der Waals surface area contributed by atoms with Crippen molar-refractivity contribution in [2.45, 2.75) is 51.1 Å². The minimum Gasteiger partial charge on any atom is -0.496 e. The first kappa shape index (κ1) is 17.3. The predicted molar refractivity (Wildman–Crippen MR) is 94.5 cm³/mol. The van der Waals surface area contributed by atoms with Gasteiger partial charge in [0.25, 0.3) is 5.91 Å². The Labute approximate surface area is 146 Å². The number of carbonyl (C=O) groups excluding carboxylic acids is 2. The second-order valence-corrected chi connectivity index (χ2v) is 6.51. The molecule has 0 radical (unpaired) electrons. The third kappa shape index (κ3) is 3.60. The number of rotatable bonds is 5. The van der Waals surface area contributed by atoms with Crippen molar-refractivity contribution in [3.63, 3.8) is 0 Å². The Kier molecular flexibility index (Phi) is 4.92. The zero-order valence-corrected chi connectivity index (χ0v) is 14.6. The number of aromatic nitrogens is 2. The highest BCUT2D eigenvalue weighted by Gasteiger charge is 2.24. The number of amides is 2. The minimum absolute atomic E-state index is 0.111. The number of nitrogens with two attached hydrogens (primary N) is 1. The Bertz CT molecular complexity index is 791. The molecule has 1 aliphatic rings. The molecule has 134 valence electrons. The van der Waals surface area contributed by atoms with Crippen LogP contribution in [0.3, 0.4) is 0 Å². The van der Waals surface area contributed by atoms with Gasteiger partial charge in [-0.05, 0) is 31.7 Å². The molecule has 0 bridgehead atoms. The van der Waals surface area contributed by atoms with Gasteiger partial charge in [0, 0.05) is 30.1 Å². The molecule has 1 aliphatic carbocycles. The molecule has 0 saturated heterocycles. The Balaban J connectivity index is 1.76. The molecule has 3 rings (SSSR count). The first-order valence-corrected chi connectivity index (χ1v) is 8.68. The van der Waals surface area contributed by atoms with E-state index in [1.807, 2.05) is 17.8 Å². The number of carbonyl (C=O) groups is 2. The van der Waals surface area contributed by atoms with Crippen LogP contribution in [-0.4, -0.2) is 34.7 Å². The van der Waals surface area contributed by atoms with Gasteiger partial charge in [-0.15, -0.1) is 0 Å². The maximum Gasteiger partial charge on any atom is 0.252 e. The van der Waals surface area contributed by atoms with Crippen molar-refractivity contribution in [3.05, 3.63) is 23.9 Å². The smallest absolute Gasteiger partial charge is 0.252 e. The van der Waals surface area contributed by atoms with E-state index in [1.165, 1.54) is 7.11 Å². The quantitative estimate of drug-likeness (QED) is 0.868. The summed E-state index contributed by atoms with van der Waals surface area (Å²) in [4.78, 5) is 23.1. The zero-order valence-electron chi connectivity index (χ0n) is 14.6. The highest BCUT2D eigenvalue weighted by Crippen LogP contribution is 2.31. The van der Waals surface area contributed by atoms with Crippen molar-refractivity contribution in [3.8, 4) is 5.75 Å². The molecular formula is C18H24N4O3. The largest absolute Gasteiger partial charge is 0.496 e. The van der Waals surface area contributed by atoms with E-state index in [4.69, 9.17) is 10.5 Å². The van der Waals surface area contributed by atoms with Crippen molar-refractivity contribution in [1.82, 2.24) is 15.1 Å². The molecule has 1 fully saturated rings. The first-order chi connectivity index (χ1) is 12.0. The van der Waals surface area contributed by atoms with Crippen LogP contribution in [-0.2, 0) is 4.79 Å². The SMILES string of the molecule is CCC(=O)NC1CCC(n2cc3cc(C(N)=O)c(OC)cc3n2)CC1. The molecule has 0 aliphatic heterocycles. The number of fused-ring (bicyclic) bond motifs is 1. The van der Waals surface area contributed by atoms with Gasteiger partial charge in [0.05, 0.1) is 24.2 Å². The fourth-order valence-corrected chi connectivity index (χ4v) is 3.43. The molecule has 3 N–H and O–H groups in total. The summed E-state index contributed by atoms with van der Waals surface area (Å²) in [5, 5.41) is 8.58. The van der Waals surface area contributed by atoms with Crippen molar-refractivity contribution < 1.29 is 14.3 Å². The standard InChI is InChI=1S/C18H24N4O3/c1-3-17(23)20-12-4-6-13(7-5-12)22-10-11-8-14(18(19)24)16(25-2)9-15(11)21-22/h8-10,12-13H,3-7H2,1-2H3,(H2,19,24)(H,20,23). The third-order valence-electron chi connectivity index (χ3n) is 4.87. The molecule has 2 aromatic rings. The van der Waals surface area contributed by atoms with Crippen LogP contribution in [0.2, 0.25) is 0 Å². The molecule has 1 aromatic heterocycles. The van der Waals surface area contributed by atoms with Crippen LogP contribution in [0.5, 0.6) is 5.75 Å². The summed E-state index contributed by atoms with van der Waals surface area (Å²) < 4.78 is 7.21. The number of nitrogens with zero attached hydrogens (tertiary/aromatic N) is 2. The first-order valence-electron chi connectivity index (χ1n) is 8.68. The lowest BCUT2D eigenvalue weighted by molar-refractivity contribution is -0.121. The molecule has 0 unspecified atom stereocenters. The highest BCUT2D eigenvalue weighted by atomic mass is 16.5. The number of hydrogen-bond acceptors (Lipinski definition) is 4. The van der Waals surface area contributed by atoms with E-state index in [0.717, 1.165) is 36.6 Å². The summed E-state index contributed by atoms with van der Waals surface area (Å²) in [6, 6.07) is 4.03. The molecule has 0 spiro atoms. The fraction of sp³-hybridized carbons (Fsp3) is 0.500. The summed E-state index contributed by atoms with van der Waals surface area (Å²) >= 11 is 0. The number of hydrogen-bond donors (Lipinski definition) is 2. The van der Waals surface area contributed by atoms with E-state index in [1.54, 1.807) is 12.1 Å². The summed E-state index contributed by atoms with van der Waals surface area (Å²) in [6.07, 6.45) is 6.29. The number of benzene rings is 1. The van der Waals surface area contributed by atoms with Crippen LogP contribution in [0.15, 0.2) is 18.3 Å². The lowest BCUT2D eigenvalue weighted by atomic mass is 9.91. The molecule has 0 atom stereocenters. The number of ether oxygens (including phenoxy) is 1. The van der Waals surface area contributed by atoms with Gasteiger partial charge in [0.15, 0.2) is 0 Å². The normalized spacial score (nSPS) is 20.4. The monoisotopic (exact) mass is 344 g/mol. The van der Waals surface area contributed by atoms with E-state index < -0.39 is 5.91 Å². The minimum atomic E-state index is -0.515. The Morgan fingerprint density at radius 3 is 2.64 bits per heavy atom. The lowest BCUT2D eigenvalue weighted by Gasteiger charge is -2.29. The van der Waals surface area contributed by atoms with Crippen LogP contribution < -0.4 is 15.8 Å². The molecule has 1 saturated carbocycles. The van der Waals surface area contributed by atoms with E-state index in [9.17, 15) is 9.59 Å². The van der Waals surface area contributed by atoms with E-state index >= 15 is 0 Å². The summed E-state index contributed by atoms with van der Waals surface area (Å²) in [7, 11) is 1.51. The number of nitrogens with one attached hydrogen (secondary N) is 1.